The van der Waals surface area contributed by atoms with Gasteiger partial charge >= 0.3 is 0 Å². The van der Waals surface area contributed by atoms with Crippen molar-refractivity contribution in [2.45, 2.75) is 19.5 Å². The Morgan fingerprint density at radius 1 is 1.21 bits per heavy atom. The molecule has 0 radical (unpaired) electrons. The molecular weight excluding hydrogens is 304 g/mol. The number of hydrogen-bond acceptors (Lipinski definition) is 3. The summed E-state index contributed by atoms with van der Waals surface area (Å²) < 4.78 is 6.34. The molecule has 102 valence electrons. The molecule has 1 aromatic carbocycles. The fraction of sp³-hybridized carbons (Fsp3) is 0.333. The van der Waals surface area contributed by atoms with Crippen LogP contribution in [0.5, 0.6) is 0 Å². The molecule has 0 aliphatic heterocycles. The third-order valence-electron chi connectivity index (χ3n) is 2.90. The highest BCUT2D eigenvalue weighted by Gasteiger charge is 2.11. The summed E-state index contributed by atoms with van der Waals surface area (Å²) in [7, 11) is 4.15. The van der Waals surface area contributed by atoms with Crippen molar-refractivity contribution in [3.8, 4) is 0 Å². The molecule has 1 unspecified atom stereocenters. The van der Waals surface area contributed by atoms with Crippen molar-refractivity contribution < 1.29 is 4.42 Å². The van der Waals surface area contributed by atoms with Crippen LogP contribution in [0.3, 0.4) is 0 Å². The zero-order valence-electron chi connectivity index (χ0n) is 11.5. The normalized spacial score (nSPS) is 12.7. The Morgan fingerprint density at radius 2 is 1.95 bits per heavy atom. The van der Waals surface area contributed by atoms with Crippen molar-refractivity contribution in [3.63, 3.8) is 0 Å². The smallest absolute Gasteiger partial charge is 0.169 e. The predicted molar refractivity (Wildman–Crippen MR) is 82.3 cm³/mol. The molecule has 1 atom stereocenters. The average Bonchev–Trinajstić information content (AvgIpc) is 2.78. The summed E-state index contributed by atoms with van der Waals surface area (Å²) in [6.45, 7) is 3.01. The Hall–Kier alpha value is -1.26. The molecule has 2 rings (SSSR count). The Balaban J connectivity index is 2.14. The second-order valence-corrected chi connectivity index (χ2v) is 5.68. The average molecular weight is 323 g/mol. The summed E-state index contributed by atoms with van der Waals surface area (Å²) in [5.41, 5.74) is 2.43. The molecule has 0 saturated heterocycles. The van der Waals surface area contributed by atoms with E-state index in [9.17, 15) is 0 Å². The van der Waals surface area contributed by atoms with E-state index in [0.717, 1.165) is 22.7 Å². The van der Waals surface area contributed by atoms with E-state index < -0.39 is 0 Å². The summed E-state index contributed by atoms with van der Waals surface area (Å²) in [5, 5.41) is 3.50. The third kappa shape index (κ3) is 3.85. The van der Waals surface area contributed by atoms with Crippen LogP contribution in [0, 0.1) is 0 Å². The van der Waals surface area contributed by atoms with E-state index in [1.165, 1.54) is 5.56 Å². The molecule has 0 fully saturated rings. The highest BCUT2D eigenvalue weighted by molar-refractivity contribution is 9.10. The van der Waals surface area contributed by atoms with Crippen molar-refractivity contribution in [2.24, 2.45) is 0 Å². The standard InChI is InChI=1S/C15H19BrN2O/c1-11(14-8-9-15(16)19-14)17-13-7-5-4-6-12(13)10-18(2)3/h4-9,11,17H,10H2,1-3H3. The SMILES string of the molecule is CC(Nc1ccccc1CN(C)C)c1ccc(Br)o1. The van der Waals surface area contributed by atoms with Crippen LogP contribution in [0.4, 0.5) is 5.69 Å². The maximum absolute atomic E-state index is 5.58. The molecule has 0 spiro atoms. The van der Waals surface area contributed by atoms with E-state index in [1.807, 2.05) is 18.2 Å². The summed E-state index contributed by atoms with van der Waals surface area (Å²) in [6, 6.07) is 12.4. The summed E-state index contributed by atoms with van der Waals surface area (Å²) in [4.78, 5) is 2.16. The number of benzene rings is 1. The largest absolute Gasteiger partial charge is 0.452 e. The van der Waals surface area contributed by atoms with Crippen molar-refractivity contribution in [1.82, 2.24) is 4.90 Å². The monoisotopic (exact) mass is 322 g/mol. The van der Waals surface area contributed by atoms with E-state index in [2.05, 4.69) is 65.4 Å². The van der Waals surface area contributed by atoms with Crippen LogP contribution in [0.15, 0.2) is 45.5 Å². The minimum Gasteiger partial charge on any atom is -0.452 e. The van der Waals surface area contributed by atoms with Gasteiger partial charge in [-0.3, -0.25) is 0 Å². The van der Waals surface area contributed by atoms with Gasteiger partial charge in [-0.25, -0.2) is 0 Å². The molecule has 0 saturated carbocycles. The highest BCUT2D eigenvalue weighted by atomic mass is 79.9. The molecule has 4 heteroatoms. The topological polar surface area (TPSA) is 28.4 Å². The lowest BCUT2D eigenvalue weighted by Gasteiger charge is -2.18. The first-order valence-corrected chi connectivity index (χ1v) is 7.10. The second-order valence-electron chi connectivity index (χ2n) is 4.90. The molecular formula is C15H19BrN2O. The lowest BCUT2D eigenvalue weighted by molar-refractivity contribution is 0.402. The number of para-hydroxylation sites is 1. The molecule has 19 heavy (non-hydrogen) atoms. The van der Waals surface area contributed by atoms with Crippen LogP contribution in [-0.2, 0) is 6.54 Å². The second kappa shape index (κ2) is 6.26. The minimum absolute atomic E-state index is 0.134. The first-order chi connectivity index (χ1) is 9.06. The summed E-state index contributed by atoms with van der Waals surface area (Å²) >= 11 is 3.33. The van der Waals surface area contributed by atoms with E-state index in [0.29, 0.717) is 0 Å². The van der Waals surface area contributed by atoms with E-state index in [1.54, 1.807) is 0 Å². The first kappa shape index (κ1) is 14.2. The Morgan fingerprint density at radius 3 is 2.58 bits per heavy atom. The van der Waals surface area contributed by atoms with Crippen LogP contribution in [0.2, 0.25) is 0 Å². The third-order valence-corrected chi connectivity index (χ3v) is 3.32. The maximum atomic E-state index is 5.58. The van der Waals surface area contributed by atoms with Gasteiger partial charge in [0.2, 0.25) is 0 Å². The van der Waals surface area contributed by atoms with Crippen LogP contribution < -0.4 is 5.32 Å². The molecule has 2 aromatic rings. The molecule has 0 amide bonds. The van der Waals surface area contributed by atoms with Crippen molar-refractivity contribution in [1.29, 1.82) is 0 Å². The molecule has 0 bridgehead atoms. The van der Waals surface area contributed by atoms with Gasteiger partial charge in [0.25, 0.3) is 0 Å². The number of hydrogen-bond donors (Lipinski definition) is 1. The van der Waals surface area contributed by atoms with Gasteiger partial charge in [0.15, 0.2) is 4.67 Å². The molecule has 0 aliphatic rings. The number of nitrogens with zero attached hydrogens (tertiary/aromatic N) is 1. The highest BCUT2D eigenvalue weighted by Crippen LogP contribution is 2.25. The predicted octanol–water partition coefficient (Wildman–Crippen LogP) is 4.28. The van der Waals surface area contributed by atoms with Gasteiger partial charge in [0, 0.05) is 12.2 Å². The Kier molecular flexibility index (Phi) is 4.66. The number of rotatable bonds is 5. The summed E-state index contributed by atoms with van der Waals surface area (Å²) in [5.74, 6) is 0.923. The van der Waals surface area contributed by atoms with Crippen molar-refractivity contribution >= 4 is 21.6 Å². The first-order valence-electron chi connectivity index (χ1n) is 6.30. The van der Waals surface area contributed by atoms with Crippen molar-refractivity contribution in [3.05, 3.63) is 52.4 Å². The van der Waals surface area contributed by atoms with Gasteiger partial charge in [0.05, 0.1) is 6.04 Å². The molecule has 1 N–H and O–H groups in total. The van der Waals surface area contributed by atoms with E-state index in [4.69, 9.17) is 4.42 Å². The van der Waals surface area contributed by atoms with Crippen LogP contribution in [0.1, 0.15) is 24.3 Å². The molecule has 1 aromatic heterocycles. The van der Waals surface area contributed by atoms with Gasteiger partial charge in [-0.15, -0.1) is 0 Å². The van der Waals surface area contributed by atoms with Gasteiger partial charge in [-0.05, 0) is 60.7 Å². The maximum Gasteiger partial charge on any atom is 0.169 e. The Bertz CT molecular complexity index is 536. The van der Waals surface area contributed by atoms with Gasteiger partial charge in [0.1, 0.15) is 5.76 Å². The number of furan rings is 1. The van der Waals surface area contributed by atoms with Crippen molar-refractivity contribution in [2.75, 3.05) is 19.4 Å². The zero-order valence-corrected chi connectivity index (χ0v) is 13.1. The van der Waals surface area contributed by atoms with Gasteiger partial charge in [-0.1, -0.05) is 18.2 Å². The summed E-state index contributed by atoms with van der Waals surface area (Å²) in [6.07, 6.45) is 0. The van der Waals surface area contributed by atoms with Gasteiger partial charge < -0.3 is 14.6 Å². The minimum atomic E-state index is 0.134. The fourth-order valence-corrected chi connectivity index (χ4v) is 2.32. The Labute approximate surface area is 122 Å². The number of anilines is 1. The van der Waals surface area contributed by atoms with Crippen LogP contribution in [0.25, 0.3) is 0 Å². The molecule has 3 nitrogen and oxygen atoms in total. The number of nitrogens with one attached hydrogen (secondary N) is 1. The number of halogens is 1. The van der Waals surface area contributed by atoms with E-state index >= 15 is 0 Å². The lowest BCUT2D eigenvalue weighted by atomic mass is 10.1. The lowest BCUT2D eigenvalue weighted by Crippen LogP contribution is -2.14. The molecule has 1 heterocycles. The quantitative estimate of drug-likeness (QED) is 0.890. The fourth-order valence-electron chi connectivity index (χ4n) is 2.01. The van der Waals surface area contributed by atoms with E-state index in [-0.39, 0.29) is 6.04 Å². The van der Waals surface area contributed by atoms with Crippen LogP contribution >= 0.6 is 15.9 Å². The molecule has 0 aliphatic carbocycles. The van der Waals surface area contributed by atoms with Crippen LogP contribution in [-0.4, -0.2) is 19.0 Å². The van der Waals surface area contributed by atoms with Gasteiger partial charge in [-0.2, -0.15) is 0 Å². The zero-order chi connectivity index (χ0) is 13.8.